The van der Waals surface area contributed by atoms with E-state index in [1.165, 1.54) is 25.1 Å². The predicted octanol–water partition coefficient (Wildman–Crippen LogP) is 3.70. The third-order valence-corrected chi connectivity index (χ3v) is 4.63. The standard InChI is InChI=1S/C18H22N4O4S/c1-18(2,3)25-17(23)20-7-6-14(13-5-8-22-26-13)27-15-9-16(24-4)21-11-12(15)10-19/h5,8-9,11,14H,6-7H2,1-4H3,(H,20,23)/t14-/m1/s1. The molecule has 1 amide bonds. The highest BCUT2D eigenvalue weighted by Gasteiger charge is 2.21. The van der Waals surface area contributed by atoms with Crippen molar-refractivity contribution in [2.24, 2.45) is 0 Å². The Kier molecular flexibility index (Phi) is 7.07. The van der Waals surface area contributed by atoms with Crippen molar-refractivity contribution in [3.8, 4) is 11.9 Å². The third kappa shape index (κ3) is 6.49. The van der Waals surface area contributed by atoms with Crippen LogP contribution in [0.25, 0.3) is 0 Å². The van der Waals surface area contributed by atoms with Crippen molar-refractivity contribution in [3.63, 3.8) is 0 Å². The van der Waals surface area contributed by atoms with Crippen LogP contribution in [-0.4, -0.2) is 35.5 Å². The van der Waals surface area contributed by atoms with E-state index in [2.05, 4.69) is 21.5 Å². The monoisotopic (exact) mass is 390 g/mol. The SMILES string of the molecule is COc1cc(S[C@H](CCNC(=O)OC(C)(C)C)c2ccno2)c(C#N)cn1. The first kappa shape index (κ1) is 20.6. The number of hydrogen-bond acceptors (Lipinski definition) is 8. The lowest BCUT2D eigenvalue weighted by Gasteiger charge is -2.20. The summed E-state index contributed by atoms with van der Waals surface area (Å²) in [4.78, 5) is 16.6. The van der Waals surface area contributed by atoms with Crippen molar-refractivity contribution >= 4 is 17.9 Å². The first-order valence-electron chi connectivity index (χ1n) is 8.30. The topological polar surface area (TPSA) is 110 Å². The predicted molar refractivity (Wildman–Crippen MR) is 99.5 cm³/mol. The van der Waals surface area contributed by atoms with Gasteiger partial charge in [0, 0.05) is 29.8 Å². The minimum Gasteiger partial charge on any atom is -0.481 e. The van der Waals surface area contributed by atoms with Gasteiger partial charge in [0.25, 0.3) is 0 Å². The number of amides is 1. The molecule has 0 radical (unpaired) electrons. The van der Waals surface area contributed by atoms with E-state index in [-0.39, 0.29) is 5.25 Å². The Labute approximate surface area is 162 Å². The van der Waals surface area contributed by atoms with Crippen LogP contribution in [0.4, 0.5) is 4.79 Å². The molecular weight excluding hydrogens is 368 g/mol. The van der Waals surface area contributed by atoms with E-state index in [4.69, 9.17) is 14.0 Å². The second-order valence-corrected chi connectivity index (χ2v) is 7.82. The van der Waals surface area contributed by atoms with Gasteiger partial charge in [0.05, 0.1) is 24.1 Å². The number of nitrogens with one attached hydrogen (secondary N) is 1. The minimum absolute atomic E-state index is 0.165. The molecule has 9 heteroatoms. The maximum absolute atomic E-state index is 11.8. The Morgan fingerprint density at radius 3 is 2.85 bits per heavy atom. The van der Waals surface area contributed by atoms with Crippen LogP contribution in [0.5, 0.6) is 5.88 Å². The van der Waals surface area contributed by atoms with E-state index in [9.17, 15) is 10.1 Å². The normalized spacial score (nSPS) is 12.1. The van der Waals surface area contributed by atoms with Crippen LogP contribution in [0.2, 0.25) is 0 Å². The number of ether oxygens (including phenoxy) is 2. The number of alkyl carbamates (subject to hydrolysis) is 1. The molecule has 2 aromatic rings. The van der Waals surface area contributed by atoms with Gasteiger partial charge in [-0.1, -0.05) is 5.16 Å². The molecule has 0 aliphatic rings. The van der Waals surface area contributed by atoms with Gasteiger partial charge in [-0.15, -0.1) is 11.8 Å². The number of rotatable bonds is 7. The fraction of sp³-hybridized carbons (Fsp3) is 0.444. The Hall–Kier alpha value is -2.73. The molecule has 0 aliphatic carbocycles. The molecule has 0 aliphatic heterocycles. The summed E-state index contributed by atoms with van der Waals surface area (Å²) < 4.78 is 15.7. The quantitative estimate of drug-likeness (QED) is 0.713. The summed E-state index contributed by atoms with van der Waals surface area (Å²) in [5.41, 5.74) is -0.122. The Morgan fingerprint density at radius 2 is 2.26 bits per heavy atom. The molecule has 1 N–H and O–H groups in total. The van der Waals surface area contributed by atoms with Gasteiger partial charge < -0.3 is 19.3 Å². The summed E-state index contributed by atoms with van der Waals surface area (Å²) in [6.45, 7) is 5.79. The summed E-state index contributed by atoms with van der Waals surface area (Å²) in [5.74, 6) is 1.06. The Morgan fingerprint density at radius 1 is 1.48 bits per heavy atom. The van der Waals surface area contributed by atoms with E-state index in [0.717, 1.165) is 0 Å². The molecule has 0 saturated carbocycles. The van der Waals surface area contributed by atoms with Crippen molar-refractivity contribution in [3.05, 3.63) is 35.9 Å². The van der Waals surface area contributed by atoms with Gasteiger partial charge in [-0.25, -0.2) is 9.78 Å². The molecule has 0 unspecified atom stereocenters. The highest BCUT2D eigenvalue weighted by atomic mass is 32.2. The second-order valence-electron chi connectivity index (χ2n) is 6.57. The lowest BCUT2D eigenvalue weighted by Crippen LogP contribution is -2.33. The summed E-state index contributed by atoms with van der Waals surface area (Å²) in [7, 11) is 1.52. The van der Waals surface area contributed by atoms with Crippen LogP contribution < -0.4 is 10.1 Å². The fourth-order valence-electron chi connectivity index (χ4n) is 2.14. The molecule has 2 aromatic heterocycles. The van der Waals surface area contributed by atoms with Crippen molar-refractivity contribution in [1.29, 1.82) is 5.26 Å². The van der Waals surface area contributed by atoms with Crippen LogP contribution >= 0.6 is 11.8 Å². The van der Waals surface area contributed by atoms with Gasteiger partial charge in [0.2, 0.25) is 5.88 Å². The number of nitrogens with zero attached hydrogens (tertiary/aromatic N) is 3. The lowest BCUT2D eigenvalue weighted by molar-refractivity contribution is 0.0527. The van der Waals surface area contributed by atoms with Crippen molar-refractivity contribution < 1.29 is 18.8 Å². The maximum Gasteiger partial charge on any atom is 0.407 e. The van der Waals surface area contributed by atoms with Crippen molar-refractivity contribution in [2.45, 2.75) is 42.9 Å². The molecule has 27 heavy (non-hydrogen) atoms. The average Bonchev–Trinajstić information content (AvgIpc) is 3.13. The number of hydrogen-bond donors (Lipinski definition) is 1. The average molecular weight is 390 g/mol. The summed E-state index contributed by atoms with van der Waals surface area (Å²) >= 11 is 1.42. The summed E-state index contributed by atoms with van der Waals surface area (Å²) in [5, 5.41) is 15.6. The number of methoxy groups -OCH3 is 1. The Bertz CT molecular complexity index is 797. The van der Waals surface area contributed by atoms with Crippen LogP contribution in [0.15, 0.2) is 33.9 Å². The molecule has 2 heterocycles. The second kappa shape index (κ2) is 9.28. The van der Waals surface area contributed by atoms with Crippen LogP contribution in [0.3, 0.4) is 0 Å². The van der Waals surface area contributed by atoms with Gasteiger partial charge in [-0.05, 0) is 27.2 Å². The number of thioether (sulfide) groups is 1. The van der Waals surface area contributed by atoms with Crippen LogP contribution in [0.1, 0.15) is 43.8 Å². The largest absolute Gasteiger partial charge is 0.481 e. The van der Waals surface area contributed by atoms with Crippen molar-refractivity contribution in [2.75, 3.05) is 13.7 Å². The molecule has 0 saturated heterocycles. The van der Waals surface area contributed by atoms with E-state index >= 15 is 0 Å². The molecular formula is C18H22N4O4S. The lowest BCUT2D eigenvalue weighted by atomic mass is 10.2. The zero-order valence-electron chi connectivity index (χ0n) is 15.7. The van der Waals surface area contributed by atoms with Gasteiger partial charge >= 0.3 is 6.09 Å². The van der Waals surface area contributed by atoms with Gasteiger partial charge in [0.15, 0.2) is 0 Å². The number of pyridine rings is 1. The smallest absolute Gasteiger partial charge is 0.407 e. The maximum atomic E-state index is 11.8. The molecule has 0 fully saturated rings. The number of carbonyl (C=O) groups excluding carboxylic acids is 1. The van der Waals surface area contributed by atoms with E-state index in [0.29, 0.717) is 35.1 Å². The summed E-state index contributed by atoms with van der Waals surface area (Å²) in [6.07, 6.45) is 3.10. The molecule has 144 valence electrons. The molecule has 1 atom stereocenters. The highest BCUT2D eigenvalue weighted by Crippen LogP contribution is 2.39. The van der Waals surface area contributed by atoms with E-state index < -0.39 is 11.7 Å². The van der Waals surface area contributed by atoms with Crippen molar-refractivity contribution in [1.82, 2.24) is 15.5 Å². The highest BCUT2D eigenvalue weighted by molar-refractivity contribution is 7.99. The van der Waals surface area contributed by atoms with Gasteiger partial charge in [0.1, 0.15) is 17.4 Å². The Balaban J connectivity index is 2.08. The zero-order valence-corrected chi connectivity index (χ0v) is 16.5. The first-order valence-corrected chi connectivity index (χ1v) is 9.18. The first-order chi connectivity index (χ1) is 12.8. The molecule has 0 spiro atoms. The fourth-order valence-corrected chi connectivity index (χ4v) is 3.31. The molecule has 0 bridgehead atoms. The molecule has 2 rings (SSSR count). The molecule has 8 nitrogen and oxygen atoms in total. The third-order valence-electron chi connectivity index (χ3n) is 3.29. The summed E-state index contributed by atoms with van der Waals surface area (Å²) in [6, 6.07) is 5.58. The zero-order chi connectivity index (χ0) is 19.9. The van der Waals surface area contributed by atoms with Crippen LogP contribution in [0, 0.1) is 11.3 Å². The number of aromatic nitrogens is 2. The number of carbonyl (C=O) groups is 1. The van der Waals surface area contributed by atoms with Crippen LogP contribution in [-0.2, 0) is 4.74 Å². The van der Waals surface area contributed by atoms with Gasteiger partial charge in [-0.3, -0.25) is 0 Å². The number of nitriles is 1. The van der Waals surface area contributed by atoms with E-state index in [1.807, 2.05) is 0 Å². The minimum atomic E-state index is -0.557. The van der Waals surface area contributed by atoms with E-state index in [1.54, 1.807) is 39.1 Å². The molecule has 0 aromatic carbocycles. The van der Waals surface area contributed by atoms with Gasteiger partial charge in [-0.2, -0.15) is 5.26 Å².